The first-order valence-electron chi connectivity index (χ1n) is 6.79. The van der Waals surface area contributed by atoms with Gasteiger partial charge in [0.2, 0.25) is 0 Å². The quantitative estimate of drug-likeness (QED) is 0.886. The highest BCUT2D eigenvalue weighted by atomic mass is 32.2. The molecule has 0 saturated carbocycles. The lowest BCUT2D eigenvalue weighted by molar-refractivity contribution is 0.380. The van der Waals surface area contributed by atoms with Gasteiger partial charge in [0.25, 0.3) is 0 Å². The summed E-state index contributed by atoms with van der Waals surface area (Å²) >= 11 is 0. The molecule has 21 heavy (non-hydrogen) atoms. The van der Waals surface area contributed by atoms with E-state index in [0.717, 1.165) is 5.76 Å². The Morgan fingerprint density at radius 3 is 2.90 bits per heavy atom. The van der Waals surface area contributed by atoms with Gasteiger partial charge in [-0.3, -0.25) is 0 Å². The van der Waals surface area contributed by atoms with Gasteiger partial charge in [-0.25, -0.2) is 12.8 Å². The first-order valence-corrected chi connectivity index (χ1v) is 8.44. The van der Waals surface area contributed by atoms with Gasteiger partial charge in [0.1, 0.15) is 11.6 Å². The second-order valence-electron chi connectivity index (χ2n) is 5.25. The molecule has 0 amide bonds. The molecule has 0 bridgehead atoms. The highest BCUT2D eigenvalue weighted by Crippen LogP contribution is 2.34. The number of benzene rings is 1. The Labute approximate surface area is 122 Å². The number of hydrogen-bond donors (Lipinski definition) is 1. The van der Waals surface area contributed by atoms with Crippen LogP contribution in [0.25, 0.3) is 0 Å². The minimum Gasteiger partial charge on any atom is -0.468 e. The molecule has 3 rings (SSSR count). The summed E-state index contributed by atoms with van der Waals surface area (Å²) in [4.78, 5) is 0.222. The van der Waals surface area contributed by atoms with E-state index < -0.39 is 15.7 Å². The van der Waals surface area contributed by atoms with Gasteiger partial charge in [0, 0.05) is 6.04 Å². The van der Waals surface area contributed by atoms with Crippen LogP contribution >= 0.6 is 0 Å². The fourth-order valence-corrected chi connectivity index (χ4v) is 4.31. The van der Waals surface area contributed by atoms with Gasteiger partial charge in [0.05, 0.1) is 23.0 Å². The smallest absolute Gasteiger partial charge is 0.178 e. The van der Waals surface area contributed by atoms with Crippen molar-refractivity contribution >= 4 is 9.84 Å². The Kier molecular flexibility index (Phi) is 3.59. The third-order valence-corrected chi connectivity index (χ3v) is 5.59. The van der Waals surface area contributed by atoms with Crippen LogP contribution in [0.3, 0.4) is 0 Å². The van der Waals surface area contributed by atoms with E-state index in [4.69, 9.17) is 4.42 Å². The predicted octanol–water partition coefficient (Wildman–Crippen LogP) is 2.99. The standard InChI is InChI=1S/C15H16FNO3S/c1-10(14-3-2-7-20-14)17-13-6-8-21(18,19)15-5-4-11(16)9-12(13)15/h2-5,7,9-10,13,17H,6,8H2,1H3/t10-,13?/m0/s1. The zero-order valence-electron chi connectivity index (χ0n) is 11.5. The van der Waals surface area contributed by atoms with Gasteiger partial charge in [0.15, 0.2) is 9.84 Å². The van der Waals surface area contributed by atoms with Gasteiger partial charge >= 0.3 is 0 Å². The van der Waals surface area contributed by atoms with E-state index in [0.29, 0.717) is 12.0 Å². The zero-order valence-corrected chi connectivity index (χ0v) is 12.4. The van der Waals surface area contributed by atoms with Gasteiger partial charge in [-0.15, -0.1) is 0 Å². The van der Waals surface area contributed by atoms with Gasteiger partial charge in [-0.05, 0) is 49.2 Å². The van der Waals surface area contributed by atoms with Crippen molar-refractivity contribution in [2.45, 2.75) is 30.3 Å². The predicted molar refractivity (Wildman–Crippen MR) is 76.1 cm³/mol. The van der Waals surface area contributed by atoms with Crippen LogP contribution in [0, 0.1) is 5.82 Å². The van der Waals surface area contributed by atoms with Gasteiger partial charge in [-0.1, -0.05) is 0 Å². The van der Waals surface area contributed by atoms with Crippen molar-refractivity contribution in [3.63, 3.8) is 0 Å². The first-order chi connectivity index (χ1) is 9.97. The lowest BCUT2D eigenvalue weighted by atomic mass is 10.0. The summed E-state index contributed by atoms with van der Waals surface area (Å²) in [6.45, 7) is 1.93. The van der Waals surface area contributed by atoms with Crippen LogP contribution in [-0.2, 0) is 9.84 Å². The molecule has 1 aromatic heterocycles. The van der Waals surface area contributed by atoms with Crippen LogP contribution in [-0.4, -0.2) is 14.2 Å². The molecular formula is C15H16FNO3S. The number of fused-ring (bicyclic) bond motifs is 1. The van der Waals surface area contributed by atoms with Crippen molar-refractivity contribution in [3.05, 3.63) is 53.7 Å². The molecular weight excluding hydrogens is 293 g/mol. The van der Waals surface area contributed by atoms with E-state index >= 15 is 0 Å². The number of sulfone groups is 1. The van der Waals surface area contributed by atoms with Crippen LogP contribution in [0.1, 0.15) is 36.8 Å². The SMILES string of the molecule is C[C@H](NC1CCS(=O)(=O)c2ccc(F)cc21)c1ccco1. The maximum absolute atomic E-state index is 13.5. The van der Waals surface area contributed by atoms with E-state index in [-0.39, 0.29) is 22.7 Å². The molecule has 2 atom stereocenters. The Bertz CT molecular complexity index is 740. The van der Waals surface area contributed by atoms with Crippen LogP contribution in [0.15, 0.2) is 45.9 Å². The van der Waals surface area contributed by atoms with E-state index in [1.807, 2.05) is 13.0 Å². The molecule has 1 aliphatic rings. The monoisotopic (exact) mass is 309 g/mol. The molecule has 112 valence electrons. The molecule has 2 aromatic rings. The molecule has 0 saturated heterocycles. The van der Waals surface area contributed by atoms with E-state index in [1.165, 1.54) is 18.2 Å². The molecule has 1 N–H and O–H groups in total. The maximum Gasteiger partial charge on any atom is 0.178 e. The van der Waals surface area contributed by atoms with Crippen molar-refractivity contribution in [2.75, 3.05) is 5.75 Å². The molecule has 1 unspecified atom stereocenters. The van der Waals surface area contributed by atoms with Crippen molar-refractivity contribution in [3.8, 4) is 0 Å². The van der Waals surface area contributed by atoms with Gasteiger partial charge < -0.3 is 9.73 Å². The molecule has 0 spiro atoms. The molecule has 2 heterocycles. The van der Waals surface area contributed by atoms with Crippen LogP contribution in [0.2, 0.25) is 0 Å². The Morgan fingerprint density at radius 2 is 2.19 bits per heavy atom. The minimum absolute atomic E-state index is 0.0637. The zero-order chi connectivity index (χ0) is 15.0. The second-order valence-corrected chi connectivity index (χ2v) is 7.32. The number of rotatable bonds is 3. The number of furan rings is 1. The molecule has 0 radical (unpaired) electrons. The van der Waals surface area contributed by atoms with Crippen molar-refractivity contribution in [1.29, 1.82) is 0 Å². The molecule has 1 aromatic carbocycles. The van der Waals surface area contributed by atoms with Crippen LogP contribution in [0.4, 0.5) is 4.39 Å². The van der Waals surface area contributed by atoms with Crippen molar-refractivity contribution in [1.82, 2.24) is 5.32 Å². The molecule has 4 nitrogen and oxygen atoms in total. The lowest BCUT2D eigenvalue weighted by Gasteiger charge is -2.28. The lowest BCUT2D eigenvalue weighted by Crippen LogP contribution is -2.31. The van der Waals surface area contributed by atoms with E-state index in [1.54, 1.807) is 12.3 Å². The minimum atomic E-state index is -3.31. The average molecular weight is 309 g/mol. The van der Waals surface area contributed by atoms with E-state index in [9.17, 15) is 12.8 Å². The normalized spacial score (nSPS) is 21.7. The summed E-state index contributed by atoms with van der Waals surface area (Å²) in [7, 11) is -3.31. The average Bonchev–Trinajstić information content (AvgIpc) is 2.96. The summed E-state index contributed by atoms with van der Waals surface area (Å²) in [5.41, 5.74) is 0.500. The first kappa shape index (κ1) is 14.3. The molecule has 0 aliphatic carbocycles. The van der Waals surface area contributed by atoms with Gasteiger partial charge in [-0.2, -0.15) is 0 Å². The largest absolute Gasteiger partial charge is 0.468 e. The number of halogens is 1. The maximum atomic E-state index is 13.5. The van der Waals surface area contributed by atoms with Crippen LogP contribution < -0.4 is 5.32 Å². The number of nitrogens with one attached hydrogen (secondary N) is 1. The Hall–Kier alpha value is -1.66. The summed E-state index contributed by atoms with van der Waals surface area (Å²) in [6, 6.07) is 7.20. The topological polar surface area (TPSA) is 59.3 Å². The summed E-state index contributed by atoms with van der Waals surface area (Å²) in [6.07, 6.45) is 2.01. The summed E-state index contributed by atoms with van der Waals surface area (Å²) in [5.74, 6) is 0.401. The molecule has 0 fully saturated rings. The number of hydrogen-bond acceptors (Lipinski definition) is 4. The Morgan fingerprint density at radius 1 is 1.38 bits per heavy atom. The highest BCUT2D eigenvalue weighted by molar-refractivity contribution is 7.91. The fourth-order valence-electron chi connectivity index (χ4n) is 2.71. The third-order valence-electron chi connectivity index (χ3n) is 3.78. The Balaban J connectivity index is 1.93. The van der Waals surface area contributed by atoms with Crippen molar-refractivity contribution < 1.29 is 17.2 Å². The third kappa shape index (κ3) is 2.73. The summed E-state index contributed by atoms with van der Waals surface area (Å²) in [5, 5.41) is 3.32. The van der Waals surface area contributed by atoms with Crippen molar-refractivity contribution in [2.24, 2.45) is 0 Å². The highest BCUT2D eigenvalue weighted by Gasteiger charge is 2.31. The van der Waals surface area contributed by atoms with Crippen LogP contribution in [0.5, 0.6) is 0 Å². The van der Waals surface area contributed by atoms with E-state index in [2.05, 4.69) is 5.32 Å². The molecule has 1 aliphatic heterocycles. The second kappa shape index (κ2) is 5.27. The summed E-state index contributed by atoms with van der Waals surface area (Å²) < 4.78 is 43.0. The fraction of sp³-hybridized carbons (Fsp3) is 0.333. The molecule has 6 heteroatoms.